The summed E-state index contributed by atoms with van der Waals surface area (Å²) in [6.07, 6.45) is 5.07. The Morgan fingerprint density at radius 2 is 1.88 bits per heavy atom. The third-order valence-corrected chi connectivity index (χ3v) is 2.69. The minimum Gasteiger partial charge on any atom is -0.354 e. The highest BCUT2D eigenvalue weighted by atomic mass is 35.5. The number of hydrogen-bond acceptors (Lipinski definition) is 2. The molecule has 0 spiro atoms. The van der Waals surface area contributed by atoms with Crippen molar-refractivity contribution < 1.29 is 0 Å². The maximum Gasteiger partial charge on any atom is 0.115 e. The number of rotatable bonds is 1. The first-order valence-corrected chi connectivity index (χ1v) is 5.24. The van der Waals surface area contributed by atoms with E-state index in [9.17, 15) is 0 Å². The van der Waals surface area contributed by atoms with Gasteiger partial charge in [0.05, 0.1) is 0 Å². The Labute approximate surface area is 97.1 Å². The summed E-state index contributed by atoms with van der Waals surface area (Å²) in [6, 6.07) is 7.83. The topological polar surface area (TPSA) is 41.6 Å². The zero-order valence-electron chi connectivity index (χ0n) is 8.31. The normalized spacial score (nSPS) is 10.8. The van der Waals surface area contributed by atoms with Crippen LogP contribution in [0.3, 0.4) is 0 Å². The zero-order valence-corrected chi connectivity index (χ0v) is 9.07. The summed E-state index contributed by atoms with van der Waals surface area (Å²) in [7, 11) is 0. The average molecular weight is 230 g/mol. The molecule has 3 rings (SSSR count). The van der Waals surface area contributed by atoms with Gasteiger partial charge in [-0.05, 0) is 18.2 Å². The first kappa shape index (κ1) is 9.36. The first-order valence-electron chi connectivity index (χ1n) is 4.86. The summed E-state index contributed by atoms with van der Waals surface area (Å²) in [6.45, 7) is 0. The smallest absolute Gasteiger partial charge is 0.115 e. The van der Waals surface area contributed by atoms with E-state index in [-0.39, 0.29) is 0 Å². The van der Waals surface area contributed by atoms with Crippen molar-refractivity contribution in [1.29, 1.82) is 0 Å². The van der Waals surface area contributed by atoms with Gasteiger partial charge in [-0.2, -0.15) is 0 Å². The van der Waals surface area contributed by atoms with E-state index in [2.05, 4.69) is 21.0 Å². The van der Waals surface area contributed by atoms with Gasteiger partial charge in [0.1, 0.15) is 6.33 Å². The number of nitrogens with one attached hydrogen (secondary N) is 1. The largest absolute Gasteiger partial charge is 0.354 e. The molecule has 3 nitrogen and oxygen atoms in total. The summed E-state index contributed by atoms with van der Waals surface area (Å²) in [5.74, 6) is 0. The minimum absolute atomic E-state index is 0.727. The Balaban J connectivity index is 2.19. The molecule has 0 radical (unpaired) electrons. The van der Waals surface area contributed by atoms with Crippen molar-refractivity contribution in [3.05, 3.63) is 48.0 Å². The molecule has 0 unspecified atom stereocenters. The fourth-order valence-electron chi connectivity index (χ4n) is 1.69. The predicted molar refractivity (Wildman–Crippen MR) is 64.3 cm³/mol. The van der Waals surface area contributed by atoms with Crippen molar-refractivity contribution in [3.63, 3.8) is 0 Å². The molecule has 1 N–H and O–H groups in total. The molecule has 3 aromatic rings. The molecular formula is C12H8ClN3. The molecule has 0 bridgehead atoms. The van der Waals surface area contributed by atoms with Crippen molar-refractivity contribution in [2.75, 3.05) is 0 Å². The van der Waals surface area contributed by atoms with Crippen LogP contribution in [0.4, 0.5) is 0 Å². The highest BCUT2D eigenvalue weighted by Gasteiger charge is 2.03. The third-order valence-electron chi connectivity index (χ3n) is 2.46. The van der Waals surface area contributed by atoms with Gasteiger partial charge in [-0.3, -0.25) is 0 Å². The first-order chi connectivity index (χ1) is 7.83. The summed E-state index contributed by atoms with van der Waals surface area (Å²) in [5, 5.41) is 1.86. The van der Waals surface area contributed by atoms with Gasteiger partial charge < -0.3 is 4.98 Å². The number of fused-ring (bicyclic) bond motifs is 1. The third kappa shape index (κ3) is 1.55. The number of H-pyrrole nitrogens is 1. The van der Waals surface area contributed by atoms with E-state index in [0.717, 1.165) is 27.2 Å². The monoisotopic (exact) mass is 229 g/mol. The zero-order chi connectivity index (χ0) is 11.0. The molecule has 0 saturated heterocycles. The molecule has 16 heavy (non-hydrogen) atoms. The standard InChI is InChI=1S/C12H8ClN3/c13-10-2-1-8-3-11(16-12(8)4-10)9-5-14-7-15-6-9/h1-7,16H. The molecule has 0 aliphatic carbocycles. The highest BCUT2D eigenvalue weighted by molar-refractivity contribution is 6.31. The Kier molecular flexibility index (Phi) is 2.11. The highest BCUT2D eigenvalue weighted by Crippen LogP contribution is 2.25. The maximum absolute atomic E-state index is 5.93. The quantitative estimate of drug-likeness (QED) is 0.696. The lowest BCUT2D eigenvalue weighted by Crippen LogP contribution is -1.80. The minimum atomic E-state index is 0.727. The van der Waals surface area contributed by atoms with Crippen molar-refractivity contribution in [3.8, 4) is 11.3 Å². The van der Waals surface area contributed by atoms with Crippen LogP contribution in [-0.2, 0) is 0 Å². The number of aromatic amines is 1. The van der Waals surface area contributed by atoms with Crippen LogP contribution < -0.4 is 0 Å². The Bertz CT molecular complexity index is 631. The van der Waals surface area contributed by atoms with Crippen LogP contribution in [0.1, 0.15) is 0 Å². The van der Waals surface area contributed by atoms with E-state index in [1.54, 1.807) is 12.4 Å². The predicted octanol–water partition coefficient (Wildman–Crippen LogP) is 3.28. The van der Waals surface area contributed by atoms with Crippen LogP contribution in [0.15, 0.2) is 43.0 Å². The van der Waals surface area contributed by atoms with Gasteiger partial charge in [-0.1, -0.05) is 17.7 Å². The van der Waals surface area contributed by atoms with Crippen LogP contribution >= 0.6 is 11.6 Å². The second-order valence-corrected chi connectivity index (χ2v) is 3.98. The molecular weight excluding hydrogens is 222 g/mol. The summed E-state index contributed by atoms with van der Waals surface area (Å²) in [4.78, 5) is 11.3. The average Bonchev–Trinajstić information content (AvgIpc) is 2.73. The molecule has 0 atom stereocenters. The molecule has 0 fully saturated rings. The van der Waals surface area contributed by atoms with Gasteiger partial charge >= 0.3 is 0 Å². The van der Waals surface area contributed by atoms with Crippen LogP contribution in [0.5, 0.6) is 0 Å². The second-order valence-electron chi connectivity index (χ2n) is 3.54. The molecule has 2 heterocycles. The van der Waals surface area contributed by atoms with Crippen LogP contribution in [0.2, 0.25) is 5.02 Å². The molecule has 0 saturated carbocycles. The summed E-state index contributed by atoms with van der Waals surface area (Å²) >= 11 is 5.93. The molecule has 0 aliphatic heterocycles. The SMILES string of the molecule is Clc1ccc2cc(-c3cncnc3)[nH]c2c1. The van der Waals surface area contributed by atoms with Crippen molar-refractivity contribution in [1.82, 2.24) is 15.0 Å². The van der Waals surface area contributed by atoms with Crippen molar-refractivity contribution >= 4 is 22.5 Å². The fraction of sp³-hybridized carbons (Fsp3) is 0. The molecule has 4 heteroatoms. The summed E-state index contributed by atoms with van der Waals surface area (Å²) in [5.41, 5.74) is 2.99. The summed E-state index contributed by atoms with van der Waals surface area (Å²) < 4.78 is 0. The lowest BCUT2D eigenvalue weighted by molar-refractivity contribution is 1.16. The number of benzene rings is 1. The van der Waals surface area contributed by atoms with Gasteiger partial charge in [0, 0.05) is 39.6 Å². The van der Waals surface area contributed by atoms with Crippen molar-refractivity contribution in [2.45, 2.75) is 0 Å². The lowest BCUT2D eigenvalue weighted by Gasteiger charge is -1.93. The molecule has 2 aromatic heterocycles. The number of nitrogens with zero attached hydrogens (tertiary/aromatic N) is 2. The molecule has 0 aliphatic rings. The van der Waals surface area contributed by atoms with E-state index in [1.807, 2.05) is 18.2 Å². The van der Waals surface area contributed by atoms with E-state index in [4.69, 9.17) is 11.6 Å². The van der Waals surface area contributed by atoms with E-state index < -0.39 is 0 Å². The van der Waals surface area contributed by atoms with E-state index in [1.165, 1.54) is 6.33 Å². The van der Waals surface area contributed by atoms with Crippen LogP contribution in [0.25, 0.3) is 22.2 Å². The fourth-order valence-corrected chi connectivity index (χ4v) is 1.87. The van der Waals surface area contributed by atoms with Crippen molar-refractivity contribution in [2.24, 2.45) is 0 Å². The molecule has 78 valence electrons. The number of aromatic nitrogens is 3. The van der Waals surface area contributed by atoms with Gasteiger partial charge in [0.25, 0.3) is 0 Å². The Morgan fingerprint density at radius 1 is 1.06 bits per heavy atom. The molecule has 0 amide bonds. The van der Waals surface area contributed by atoms with Gasteiger partial charge in [-0.15, -0.1) is 0 Å². The second kappa shape index (κ2) is 3.61. The van der Waals surface area contributed by atoms with E-state index in [0.29, 0.717) is 0 Å². The maximum atomic E-state index is 5.93. The lowest BCUT2D eigenvalue weighted by atomic mass is 10.2. The van der Waals surface area contributed by atoms with Gasteiger partial charge in [0.15, 0.2) is 0 Å². The van der Waals surface area contributed by atoms with Crippen LogP contribution in [0, 0.1) is 0 Å². The van der Waals surface area contributed by atoms with Gasteiger partial charge in [0.2, 0.25) is 0 Å². The Morgan fingerprint density at radius 3 is 2.69 bits per heavy atom. The number of halogens is 1. The Hall–Kier alpha value is -1.87. The van der Waals surface area contributed by atoms with Gasteiger partial charge in [-0.25, -0.2) is 9.97 Å². The van der Waals surface area contributed by atoms with E-state index >= 15 is 0 Å². The van der Waals surface area contributed by atoms with Crippen LogP contribution in [-0.4, -0.2) is 15.0 Å². The number of hydrogen-bond donors (Lipinski definition) is 1. The molecule has 1 aromatic carbocycles.